The predicted molar refractivity (Wildman–Crippen MR) is 104 cm³/mol. The average molecular weight is 331 g/mol. The van der Waals surface area contributed by atoms with Gasteiger partial charge < -0.3 is 10.1 Å². The van der Waals surface area contributed by atoms with Gasteiger partial charge in [0, 0.05) is 12.6 Å². The maximum Gasteiger partial charge on any atom is 0.120 e. The third-order valence-corrected chi connectivity index (χ3v) is 4.47. The molecule has 3 aromatic carbocycles. The molecule has 0 bridgehead atoms. The van der Waals surface area contributed by atoms with Crippen LogP contribution in [0.2, 0.25) is 0 Å². The lowest BCUT2D eigenvalue weighted by molar-refractivity contribution is 0.305. The zero-order chi connectivity index (χ0) is 17.5. The number of ether oxygens (including phenoxy) is 1. The van der Waals surface area contributed by atoms with Crippen LogP contribution in [0.3, 0.4) is 0 Å². The number of hydrogen-bond donors (Lipinski definition) is 1. The van der Waals surface area contributed by atoms with Gasteiger partial charge in [-0.1, -0.05) is 66.7 Å². The number of aryl methyl sites for hydroxylation is 1. The third-order valence-electron chi connectivity index (χ3n) is 4.47. The van der Waals surface area contributed by atoms with E-state index in [4.69, 9.17) is 4.74 Å². The summed E-state index contributed by atoms with van der Waals surface area (Å²) in [5.74, 6) is 0.912. The van der Waals surface area contributed by atoms with Crippen molar-refractivity contribution < 1.29 is 4.74 Å². The van der Waals surface area contributed by atoms with Crippen LogP contribution in [-0.4, -0.2) is 0 Å². The monoisotopic (exact) mass is 331 g/mol. The molecule has 0 spiro atoms. The lowest BCUT2D eigenvalue weighted by Gasteiger charge is -2.15. The second kappa shape index (κ2) is 8.50. The van der Waals surface area contributed by atoms with E-state index in [0.29, 0.717) is 12.6 Å². The van der Waals surface area contributed by atoms with E-state index >= 15 is 0 Å². The highest BCUT2D eigenvalue weighted by Crippen LogP contribution is 2.18. The minimum atomic E-state index is 0.317. The molecule has 25 heavy (non-hydrogen) atoms. The summed E-state index contributed by atoms with van der Waals surface area (Å²) in [5, 5.41) is 3.57. The first kappa shape index (κ1) is 17.2. The van der Waals surface area contributed by atoms with E-state index in [1.54, 1.807) is 0 Å². The maximum atomic E-state index is 5.98. The zero-order valence-corrected chi connectivity index (χ0v) is 14.9. The van der Waals surface area contributed by atoms with Gasteiger partial charge in [0.25, 0.3) is 0 Å². The number of nitrogens with one attached hydrogen (secondary N) is 1. The molecular formula is C23H25NO. The first-order chi connectivity index (χ1) is 12.2. The quantitative estimate of drug-likeness (QED) is 0.624. The summed E-state index contributed by atoms with van der Waals surface area (Å²) in [6.07, 6.45) is 0. The SMILES string of the molecule is Cc1ccccc1COc1cccc(CNC(C)c2ccccc2)c1. The van der Waals surface area contributed by atoms with Gasteiger partial charge in [-0.3, -0.25) is 0 Å². The summed E-state index contributed by atoms with van der Waals surface area (Å²) in [6, 6.07) is 27.5. The maximum absolute atomic E-state index is 5.98. The van der Waals surface area contributed by atoms with E-state index in [0.717, 1.165) is 12.3 Å². The average Bonchev–Trinajstić information content (AvgIpc) is 2.66. The Hall–Kier alpha value is -2.58. The first-order valence-corrected chi connectivity index (χ1v) is 8.77. The van der Waals surface area contributed by atoms with Crippen molar-refractivity contribution in [1.29, 1.82) is 0 Å². The van der Waals surface area contributed by atoms with Gasteiger partial charge >= 0.3 is 0 Å². The van der Waals surface area contributed by atoms with Gasteiger partial charge in [-0.05, 0) is 48.2 Å². The van der Waals surface area contributed by atoms with Gasteiger partial charge in [-0.2, -0.15) is 0 Å². The van der Waals surface area contributed by atoms with Crippen molar-refractivity contribution in [2.45, 2.75) is 33.0 Å². The second-order valence-corrected chi connectivity index (χ2v) is 6.38. The molecule has 1 unspecified atom stereocenters. The second-order valence-electron chi connectivity index (χ2n) is 6.38. The van der Waals surface area contributed by atoms with Crippen molar-refractivity contribution in [2.75, 3.05) is 0 Å². The van der Waals surface area contributed by atoms with Crippen LogP contribution < -0.4 is 10.1 Å². The van der Waals surface area contributed by atoms with Gasteiger partial charge in [0.2, 0.25) is 0 Å². The summed E-state index contributed by atoms with van der Waals surface area (Å²) < 4.78 is 5.98. The van der Waals surface area contributed by atoms with E-state index in [-0.39, 0.29) is 0 Å². The Morgan fingerprint density at radius 2 is 1.64 bits per heavy atom. The largest absolute Gasteiger partial charge is 0.489 e. The molecule has 0 amide bonds. The minimum Gasteiger partial charge on any atom is -0.489 e. The van der Waals surface area contributed by atoms with Crippen LogP contribution in [0.5, 0.6) is 5.75 Å². The zero-order valence-electron chi connectivity index (χ0n) is 14.9. The number of rotatable bonds is 7. The van der Waals surface area contributed by atoms with Crippen molar-refractivity contribution in [1.82, 2.24) is 5.32 Å². The van der Waals surface area contributed by atoms with Crippen LogP contribution in [0.25, 0.3) is 0 Å². The molecule has 1 atom stereocenters. The highest BCUT2D eigenvalue weighted by molar-refractivity contribution is 5.30. The Kier molecular flexibility index (Phi) is 5.86. The van der Waals surface area contributed by atoms with Crippen LogP contribution in [-0.2, 0) is 13.2 Å². The molecule has 0 aliphatic rings. The van der Waals surface area contributed by atoms with Crippen molar-refractivity contribution in [3.63, 3.8) is 0 Å². The Labute approximate surface area is 150 Å². The lowest BCUT2D eigenvalue weighted by atomic mass is 10.1. The van der Waals surface area contributed by atoms with Crippen LogP contribution in [0.4, 0.5) is 0 Å². The fourth-order valence-corrected chi connectivity index (χ4v) is 2.81. The topological polar surface area (TPSA) is 21.3 Å². The standard InChI is InChI=1S/C23H25NO/c1-18-9-6-7-13-22(18)17-25-23-14-8-10-20(15-23)16-24-19(2)21-11-4-3-5-12-21/h3-15,19,24H,16-17H2,1-2H3. The molecule has 0 saturated heterocycles. The molecular weight excluding hydrogens is 306 g/mol. The summed E-state index contributed by atoms with van der Waals surface area (Å²) in [6.45, 7) is 5.72. The number of benzene rings is 3. The van der Waals surface area contributed by atoms with Crippen molar-refractivity contribution in [3.8, 4) is 5.75 Å². The first-order valence-electron chi connectivity index (χ1n) is 8.77. The van der Waals surface area contributed by atoms with Crippen LogP contribution >= 0.6 is 0 Å². The molecule has 3 rings (SSSR count). The van der Waals surface area contributed by atoms with E-state index < -0.39 is 0 Å². The number of hydrogen-bond acceptors (Lipinski definition) is 2. The smallest absolute Gasteiger partial charge is 0.120 e. The van der Waals surface area contributed by atoms with Gasteiger partial charge in [0.05, 0.1) is 0 Å². The highest BCUT2D eigenvalue weighted by atomic mass is 16.5. The normalized spacial score (nSPS) is 11.9. The van der Waals surface area contributed by atoms with E-state index in [9.17, 15) is 0 Å². The summed E-state index contributed by atoms with van der Waals surface area (Å²) in [5.41, 5.74) is 5.01. The Morgan fingerprint density at radius 3 is 2.44 bits per heavy atom. The minimum absolute atomic E-state index is 0.317. The predicted octanol–water partition coefficient (Wildman–Crippen LogP) is 5.42. The fraction of sp³-hybridized carbons (Fsp3) is 0.217. The van der Waals surface area contributed by atoms with Crippen molar-refractivity contribution in [2.24, 2.45) is 0 Å². The molecule has 1 N–H and O–H groups in total. The summed E-state index contributed by atoms with van der Waals surface area (Å²) in [4.78, 5) is 0. The summed E-state index contributed by atoms with van der Waals surface area (Å²) in [7, 11) is 0. The lowest BCUT2D eigenvalue weighted by Crippen LogP contribution is -2.17. The fourth-order valence-electron chi connectivity index (χ4n) is 2.81. The molecule has 0 fully saturated rings. The van der Waals surface area contributed by atoms with Gasteiger partial charge in [-0.15, -0.1) is 0 Å². The van der Waals surface area contributed by atoms with E-state index in [1.165, 1.54) is 22.3 Å². The summed E-state index contributed by atoms with van der Waals surface area (Å²) >= 11 is 0. The molecule has 0 heterocycles. The van der Waals surface area contributed by atoms with Gasteiger partial charge in [-0.25, -0.2) is 0 Å². The van der Waals surface area contributed by atoms with E-state index in [1.807, 2.05) is 12.1 Å². The molecule has 128 valence electrons. The molecule has 0 saturated carbocycles. The van der Waals surface area contributed by atoms with E-state index in [2.05, 4.69) is 85.9 Å². The van der Waals surface area contributed by atoms with Crippen LogP contribution in [0.1, 0.15) is 35.2 Å². The molecule has 0 aliphatic carbocycles. The Balaban J connectivity index is 1.57. The van der Waals surface area contributed by atoms with Gasteiger partial charge in [0.15, 0.2) is 0 Å². The van der Waals surface area contributed by atoms with Crippen LogP contribution in [0, 0.1) is 6.92 Å². The molecule has 2 heteroatoms. The molecule has 0 aliphatic heterocycles. The molecule has 3 aromatic rings. The third kappa shape index (κ3) is 4.94. The molecule has 2 nitrogen and oxygen atoms in total. The van der Waals surface area contributed by atoms with Crippen LogP contribution in [0.15, 0.2) is 78.9 Å². The van der Waals surface area contributed by atoms with Crippen molar-refractivity contribution >= 4 is 0 Å². The highest BCUT2D eigenvalue weighted by Gasteiger charge is 2.05. The van der Waals surface area contributed by atoms with Crippen molar-refractivity contribution in [3.05, 3.63) is 101 Å². The van der Waals surface area contributed by atoms with Gasteiger partial charge in [0.1, 0.15) is 12.4 Å². The molecule has 0 radical (unpaired) electrons. The molecule has 0 aromatic heterocycles. The Morgan fingerprint density at radius 1 is 0.880 bits per heavy atom. The Bertz CT molecular complexity index is 798.